The molecule has 2 nitrogen and oxygen atoms in total. The van der Waals surface area contributed by atoms with Crippen LogP contribution in [-0.4, -0.2) is 17.1 Å². The van der Waals surface area contributed by atoms with Crippen LogP contribution in [0.4, 0.5) is 5.69 Å². The van der Waals surface area contributed by atoms with Crippen LogP contribution in [0, 0.1) is 6.92 Å². The SMILES string of the molecule is Cc1ccccc1CN(C)C(=S)Nc1ccc(Cl)cc1. The van der Waals surface area contributed by atoms with E-state index in [0.29, 0.717) is 5.11 Å². The molecule has 2 rings (SSSR count). The van der Waals surface area contributed by atoms with Crippen molar-refractivity contribution < 1.29 is 0 Å². The highest BCUT2D eigenvalue weighted by molar-refractivity contribution is 7.80. The van der Waals surface area contributed by atoms with Crippen molar-refractivity contribution in [2.45, 2.75) is 13.5 Å². The van der Waals surface area contributed by atoms with Crippen LogP contribution in [0.5, 0.6) is 0 Å². The van der Waals surface area contributed by atoms with Crippen molar-refractivity contribution in [1.82, 2.24) is 4.90 Å². The van der Waals surface area contributed by atoms with E-state index < -0.39 is 0 Å². The maximum absolute atomic E-state index is 5.86. The lowest BCUT2D eigenvalue weighted by Gasteiger charge is -2.22. The second-order valence-corrected chi connectivity index (χ2v) is 5.54. The molecule has 104 valence electrons. The first-order valence-electron chi connectivity index (χ1n) is 6.38. The number of nitrogens with zero attached hydrogens (tertiary/aromatic N) is 1. The zero-order chi connectivity index (χ0) is 14.5. The Morgan fingerprint density at radius 2 is 1.80 bits per heavy atom. The number of anilines is 1. The van der Waals surface area contributed by atoms with E-state index in [2.05, 4.69) is 24.4 Å². The number of hydrogen-bond acceptors (Lipinski definition) is 1. The summed E-state index contributed by atoms with van der Waals surface area (Å²) in [6, 6.07) is 15.8. The maximum Gasteiger partial charge on any atom is 0.173 e. The van der Waals surface area contributed by atoms with Crippen LogP contribution in [0.3, 0.4) is 0 Å². The minimum Gasteiger partial charge on any atom is -0.348 e. The van der Waals surface area contributed by atoms with Crippen molar-refractivity contribution in [1.29, 1.82) is 0 Å². The molecule has 0 unspecified atom stereocenters. The largest absolute Gasteiger partial charge is 0.348 e. The van der Waals surface area contributed by atoms with Crippen molar-refractivity contribution in [2.75, 3.05) is 12.4 Å². The Labute approximate surface area is 130 Å². The smallest absolute Gasteiger partial charge is 0.173 e. The van der Waals surface area contributed by atoms with Gasteiger partial charge in [0.25, 0.3) is 0 Å². The highest BCUT2D eigenvalue weighted by atomic mass is 35.5. The number of rotatable bonds is 3. The third-order valence-electron chi connectivity index (χ3n) is 3.11. The summed E-state index contributed by atoms with van der Waals surface area (Å²) < 4.78 is 0. The van der Waals surface area contributed by atoms with Crippen molar-refractivity contribution in [3.8, 4) is 0 Å². The molecule has 0 atom stereocenters. The number of thiocarbonyl (C=S) groups is 1. The summed E-state index contributed by atoms with van der Waals surface area (Å²) in [6.45, 7) is 2.89. The molecular weight excluding hydrogens is 288 g/mol. The monoisotopic (exact) mass is 304 g/mol. The van der Waals surface area contributed by atoms with Crippen LogP contribution in [0.2, 0.25) is 5.02 Å². The fourth-order valence-electron chi connectivity index (χ4n) is 1.87. The Morgan fingerprint density at radius 1 is 1.15 bits per heavy atom. The molecule has 0 aromatic heterocycles. The number of nitrogens with one attached hydrogen (secondary N) is 1. The van der Waals surface area contributed by atoms with E-state index in [1.165, 1.54) is 11.1 Å². The van der Waals surface area contributed by atoms with E-state index in [1.54, 1.807) is 0 Å². The molecule has 2 aromatic carbocycles. The molecule has 0 aliphatic rings. The Morgan fingerprint density at radius 3 is 2.45 bits per heavy atom. The van der Waals surface area contributed by atoms with Crippen LogP contribution < -0.4 is 5.32 Å². The first-order chi connectivity index (χ1) is 9.56. The van der Waals surface area contributed by atoms with Crippen molar-refractivity contribution in [2.24, 2.45) is 0 Å². The normalized spacial score (nSPS) is 10.2. The predicted octanol–water partition coefficient (Wildman–Crippen LogP) is 4.48. The van der Waals surface area contributed by atoms with Gasteiger partial charge in [0.1, 0.15) is 0 Å². The van der Waals surface area contributed by atoms with Gasteiger partial charge in [0.2, 0.25) is 0 Å². The standard InChI is InChI=1S/C16H17ClN2S/c1-12-5-3-4-6-13(12)11-19(2)16(20)18-15-9-7-14(17)8-10-15/h3-10H,11H2,1-2H3,(H,18,20). The highest BCUT2D eigenvalue weighted by Gasteiger charge is 2.07. The Kier molecular flexibility index (Phi) is 4.99. The minimum absolute atomic E-state index is 0.690. The Hall–Kier alpha value is -1.58. The highest BCUT2D eigenvalue weighted by Crippen LogP contribution is 2.15. The molecule has 0 aliphatic carbocycles. The molecule has 20 heavy (non-hydrogen) atoms. The van der Waals surface area contributed by atoms with Gasteiger partial charge >= 0.3 is 0 Å². The summed E-state index contributed by atoms with van der Waals surface area (Å²) in [4.78, 5) is 2.02. The van der Waals surface area contributed by atoms with Crippen molar-refractivity contribution >= 4 is 34.6 Å². The molecule has 1 N–H and O–H groups in total. The van der Waals surface area contributed by atoms with E-state index in [9.17, 15) is 0 Å². The third kappa shape index (κ3) is 3.95. The molecule has 0 amide bonds. The van der Waals surface area contributed by atoms with E-state index in [-0.39, 0.29) is 0 Å². The molecule has 2 aromatic rings. The van der Waals surface area contributed by atoms with E-state index >= 15 is 0 Å². The summed E-state index contributed by atoms with van der Waals surface area (Å²) in [5, 5.41) is 4.62. The molecule has 0 saturated heterocycles. The summed E-state index contributed by atoms with van der Waals surface area (Å²) >= 11 is 11.3. The Bertz CT molecular complexity index is 596. The van der Waals surface area contributed by atoms with Gasteiger partial charge < -0.3 is 10.2 Å². The first kappa shape index (κ1) is 14.8. The molecule has 0 saturated carbocycles. The van der Waals surface area contributed by atoms with Gasteiger partial charge in [0.05, 0.1) is 0 Å². The molecule has 0 aliphatic heterocycles. The number of halogens is 1. The predicted molar refractivity (Wildman–Crippen MR) is 90.3 cm³/mol. The van der Waals surface area contributed by atoms with Gasteiger partial charge in [0.15, 0.2) is 5.11 Å². The van der Waals surface area contributed by atoms with Gasteiger partial charge in [-0.25, -0.2) is 0 Å². The molecule has 4 heteroatoms. The zero-order valence-electron chi connectivity index (χ0n) is 11.6. The molecule has 0 radical (unpaired) electrons. The van der Waals surface area contributed by atoms with E-state index in [4.69, 9.17) is 23.8 Å². The van der Waals surface area contributed by atoms with Crippen LogP contribution in [0.15, 0.2) is 48.5 Å². The van der Waals surface area contributed by atoms with Crippen LogP contribution in [-0.2, 0) is 6.54 Å². The third-order valence-corrected chi connectivity index (χ3v) is 3.78. The van der Waals surface area contributed by atoms with Crippen LogP contribution in [0.1, 0.15) is 11.1 Å². The summed E-state index contributed by atoms with van der Waals surface area (Å²) in [6.07, 6.45) is 0. The van der Waals surface area contributed by atoms with Gasteiger partial charge in [-0.3, -0.25) is 0 Å². The fourth-order valence-corrected chi connectivity index (χ4v) is 2.18. The fraction of sp³-hybridized carbons (Fsp3) is 0.188. The van der Waals surface area contributed by atoms with Gasteiger partial charge in [-0.2, -0.15) is 0 Å². The van der Waals surface area contributed by atoms with Gasteiger partial charge in [-0.1, -0.05) is 35.9 Å². The van der Waals surface area contributed by atoms with Gasteiger partial charge in [0, 0.05) is 24.3 Å². The topological polar surface area (TPSA) is 15.3 Å². The quantitative estimate of drug-likeness (QED) is 0.842. The lowest BCUT2D eigenvalue weighted by Crippen LogP contribution is -2.30. The maximum atomic E-state index is 5.86. The molecule has 0 spiro atoms. The average molecular weight is 305 g/mol. The summed E-state index contributed by atoms with van der Waals surface area (Å²) in [5.74, 6) is 0. The number of benzene rings is 2. The van der Waals surface area contributed by atoms with Gasteiger partial charge in [-0.15, -0.1) is 0 Å². The second-order valence-electron chi connectivity index (χ2n) is 4.72. The lowest BCUT2D eigenvalue weighted by atomic mass is 10.1. The van der Waals surface area contributed by atoms with E-state index in [0.717, 1.165) is 17.3 Å². The average Bonchev–Trinajstić information content (AvgIpc) is 2.44. The van der Waals surface area contributed by atoms with Crippen molar-refractivity contribution in [3.63, 3.8) is 0 Å². The van der Waals surface area contributed by atoms with Crippen LogP contribution in [0.25, 0.3) is 0 Å². The first-order valence-corrected chi connectivity index (χ1v) is 7.17. The molecule has 0 fully saturated rings. The van der Waals surface area contributed by atoms with E-state index in [1.807, 2.05) is 48.3 Å². The summed E-state index contributed by atoms with van der Waals surface area (Å²) in [7, 11) is 1.98. The van der Waals surface area contributed by atoms with Crippen LogP contribution >= 0.6 is 23.8 Å². The number of hydrogen-bond donors (Lipinski definition) is 1. The van der Waals surface area contributed by atoms with Gasteiger partial charge in [-0.05, 0) is 54.5 Å². The Balaban J connectivity index is 1.99. The zero-order valence-corrected chi connectivity index (χ0v) is 13.1. The van der Waals surface area contributed by atoms with Crippen molar-refractivity contribution in [3.05, 3.63) is 64.7 Å². The second kappa shape index (κ2) is 6.73. The summed E-state index contributed by atoms with van der Waals surface area (Å²) in [5.41, 5.74) is 3.49. The molecule has 0 heterocycles. The number of aryl methyl sites for hydroxylation is 1. The molecule has 0 bridgehead atoms. The lowest BCUT2D eigenvalue weighted by molar-refractivity contribution is 0.507. The minimum atomic E-state index is 0.690. The molecular formula is C16H17ClN2S.